The van der Waals surface area contributed by atoms with Crippen molar-refractivity contribution in [2.75, 3.05) is 30.8 Å². The average Bonchev–Trinajstić information content (AvgIpc) is 3.20. The lowest BCUT2D eigenvalue weighted by atomic mass is 9.83. The molecule has 1 aromatic carbocycles. The third-order valence-electron chi connectivity index (χ3n) is 6.04. The van der Waals surface area contributed by atoms with Gasteiger partial charge < -0.3 is 20.4 Å². The molecule has 0 aliphatic carbocycles. The highest BCUT2D eigenvalue weighted by Crippen LogP contribution is 2.44. The Labute approximate surface area is 207 Å². The van der Waals surface area contributed by atoms with Crippen LogP contribution in [0.2, 0.25) is 0 Å². The lowest BCUT2D eigenvalue weighted by molar-refractivity contribution is -0.137. The van der Waals surface area contributed by atoms with E-state index in [1.165, 1.54) is 6.07 Å². The van der Waals surface area contributed by atoms with Gasteiger partial charge in [-0.25, -0.2) is 14.8 Å². The molecule has 14 heteroatoms. The Balaban J connectivity index is 1.83. The fraction of sp³-hybridized carbons (Fsp3) is 0.435. The summed E-state index contributed by atoms with van der Waals surface area (Å²) in [6.45, 7) is 5.40. The van der Waals surface area contributed by atoms with Crippen molar-refractivity contribution in [3.05, 3.63) is 35.7 Å². The molecule has 200 valence electrons. The molecule has 0 spiro atoms. The first-order valence-corrected chi connectivity index (χ1v) is 11.2. The minimum atomic E-state index is -4.95. The molecular formula is C23H24F6N6O2. The van der Waals surface area contributed by atoms with Crippen molar-refractivity contribution >= 4 is 28.6 Å². The second-order valence-electron chi connectivity index (χ2n) is 9.52. The lowest BCUT2D eigenvalue weighted by Gasteiger charge is -2.36. The van der Waals surface area contributed by atoms with Gasteiger partial charge in [0.2, 0.25) is 5.95 Å². The SMILES string of the molecule is COC(=O)Nc1ccc2c(-c3nc(N[C@@H]4CNCC(C)(C)C4)ncc3C(F)(F)F)c[nH]c2c1C(F)(F)F. The third-order valence-corrected chi connectivity index (χ3v) is 6.04. The summed E-state index contributed by atoms with van der Waals surface area (Å²) in [4.78, 5) is 21.9. The molecule has 4 N–H and O–H groups in total. The molecule has 8 nitrogen and oxygen atoms in total. The number of methoxy groups -OCH3 is 1. The fourth-order valence-electron chi connectivity index (χ4n) is 4.50. The molecule has 1 fully saturated rings. The first kappa shape index (κ1) is 26.5. The van der Waals surface area contributed by atoms with E-state index < -0.39 is 46.5 Å². The van der Waals surface area contributed by atoms with E-state index in [4.69, 9.17) is 0 Å². The first-order valence-electron chi connectivity index (χ1n) is 11.2. The van der Waals surface area contributed by atoms with E-state index in [1.54, 1.807) is 0 Å². The molecule has 1 amide bonds. The number of benzene rings is 1. The number of amides is 1. The number of H-pyrrole nitrogens is 1. The monoisotopic (exact) mass is 530 g/mol. The van der Waals surface area contributed by atoms with Gasteiger partial charge in [0.15, 0.2) is 0 Å². The summed E-state index contributed by atoms with van der Waals surface area (Å²) in [6, 6.07) is 1.95. The highest BCUT2D eigenvalue weighted by Gasteiger charge is 2.39. The van der Waals surface area contributed by atoms with Gasteiger partial charge in [-0.1, -0.05) is 19.9 Å². The van der Waals surface area contributed by atoms with Gasteiger partial charge in [-0.05, 0) is 17.9 Å². The van der Waals surface area contributed by atoms with Gasteiger partial charge in [-0.2, -0.15) is 26.3 Å². The maximum atomic E-state index is 14.0. The molecule has 4 rings (SSSR count). The van der Waals surface area contributed by atoms with Crippen molar-refractivity contribution in [2.45, 2.75) is 38.7 Å². The molecule has 1 saturated heterocycles. The predicted molar refractivity (Wildman–Crippen MR) is 124 cm³/mol. The number of aromatic amines is 1. The largest absolute Gasteiger partial charge is 0.453 e. The van der Waals surface area contributed by atoms with Gasteiger partial charge in [0, 0.05) is 42.5 Å². The maximum Gasteiger partial charge on any atom is 0.420 e. The van der Waals surface area contributed by atoms with Crippen LogP contribution in [0.3, 0.4) is 0 Å². The third kappa shape index (κ3) is 5.58. The molecule has 3 aromatic rings. The highest BCUT2D eigenvalue weighted by molar-refractivity contribution is 6.01. The minimum absolute atomic E-state index is 0.0641. The van der Waals surface area contributed by atoms with Crippen molar-refractivity contribution in [3.8, 4) is 11.3 Å². The number of fused-ring (bicyclic) bond motifs is 1. The van der Waals surface area contributed by atoms with Crippen molar-refractivity contribution in [1.82, 2.24) is 20.3 Å². The molecule has 0 unspecified atom stereocenters. The number of carbonyl (C=O) groups excluding carboxylic acids is 1. The van der Waals surface area contributed by atoms with Crippen LogP contribution in [0, 0.1) is 5.41 Å². The summed E-state index contributed by atoms with van der Waals surface area (Å²) in [5.74, 6) is -0.0816. The zero-order chi connectivity index (χ0) is 27.2. The molecule has 1 atom stereocenters. The lowest BCUT2D eigenvalue weighted by Crippen LogP contribution is -2.47. The van der Waals surface area contributed by atoms with Gasteiger partial charge >= 0.3 is 18.4 Å². The van der Waals surface area contributed by atoms with Crippen LogP contribution in [0.25, 0.3) is 22.2 Å². The smallest absolute Gasteiger partial charge is 0.420 e. The molecular weight excluding hydrogens is 506 g/mol. The fourth-order valence-corrected chi connectivity index (χ4v) is 4.50. The number of anilines is 2. The van der Waals surface area contributed by atoms with E-state index in [0.717, 1.165) is 25.9 Å². The van der Waals surface area contributed by atoms with Crippen LogP contribution < -0.4 is 16.0 Å². The van der Waals surface area contributed by atoms with Crippen LogP contribution in [0.1, 0.15) is 31.4 Å². The second-order valence-corrected chi connectivity index (χ2v) is 9.52. The Hall–Kier alpha value is -3.55. The molecule has 0 bridgehead atoms. The molecule has 3 heterocycles. The zero-order valence-electron chi connectivity index (χ0n) is 20.0. The van der Waals surface area contributed by atoms with Crippen LogP contribution in [-0.2, 0) is 17.1 Å². The maximum absolute atomic E-state index is 14.0. The Bertz CT molecular complexity index is 1320. The standard InChI is InChI=1S/C23H24F6N6O2/c1-21(2)6-11(7-30-10-21)33-19-32-9-14(22(24,25)26)17(35-19)13-8-31-18-12(13)4-5-15(34-20(36)37-3)16(18)23(27,28)29/h4-5,8-9,11,30-31H,6-7,10H2,1-3H3,(H,34,36)(H,32,33,35)/t11-/m0/s1. The predicted octanol–water partition coefficient (Wildman–Crippen LogP) is 5.64. The van der Waals surface area contributed by atoms with Crippen molar-refractivity contribution in [1.29, 1.82) is 0 Å². The first-order chi connectivity index (χ1) is 17.2. The quantitative estimate of drug-likeness (QED) is 0.326. The number of carbonyl (C=O) groups is 1. The van der Waals surface area contributed by atoms with E-state index >= 15 is 0 Å². The summed E-state index contributed by atoms with van der Waals surface area (Å²) in [5, 5.41) is 8.09. The molecule has 0 radical (unpaired) electrons. The number of ether oxygens (including phenoxy) is 1. The van der Waals surface area contributed by atoms with Gasteiger partial charge in [0.25, 0.3) is 0 Å². The van der Waals surface area contributed by atoms with E-state index in [2.05, 4.69) is 30.3 Å². The van der Waals surface area contributed by atoms with Gasteiger partial charge in [-0.3, -0.25) is 5.32 Å². The summed E-state index contributed by atoms with van der Waals surface area (Å²) >= 11 is 0. The summed E-state index contributed by atoms with van der Waals surface area (Å²) in [7, 11) is 0.984. The Morgan fingerprint density at radius 2 is 1.89 bits per heavy atom. The number of piperidine rings is 1. The zero-order valence-corrected chi connectivity index (χ0v) is 20.0. The Kier molecular flexibility index (Phi) is 6.73. The number of rotatable bonds is 4. The number of halogens is 6. The van der Waals surface area contributed by atoms with Crippen LogP contribution in [0.15, 0.2) is 24.5 Å². The number of nitrogens with zero attached hydrogens (tertiary/aromatic N) is 2. The molecule has 37 heavy (non-hydrogen) atoms. The molecule has 0 saturated carbocycles. The molecule has 1 aliphatic heterocycles. The van der Waals surface area contributed by atoms with Crippen molar-refractivity contribution in [2.24, 2.45) is 5.41 Å². The van der Waals surface area contributed by atoms with Crippen LogP contribution >= 0.6 is 0 Å². The van der Waals surface area contributed by atoms with E-state index in [-0.39, 0.29) is 28.4 Å². The van der Waals surface area contributed by atoms with E-state index in [1.807, 2.05) is 19.2 Å². The van der Waals surface area contributed by atoms with Crippen molar-refractivity contribution < 1.29 is 35.9 Å². The number of aromatic nitrogens is 3. The van der Waals surface area contributed by atoms with E-state index in [9.17, 15) is 31.1 Å². The number of alkyl halides is 6. The minimum Gasteiger partial charge on any atom is -0.453 e. The van der Waals surface area contributed by atoms with Gasteiger partial charge in [0.05, 0.1) is 24.0 Å². The van der Waals surface area contributed by atoms with Crippen LogP contribution in [0.5, 0.6) is 0 Å². The summed E-state index contributed by atoms with van der Waals surface area (Å²) in [5.41, 5.74) is -4.45. The van der Waals surface area contributed by atoms with E-state index in [0.29, 0.717) is 19.2 Å². The molecule has 1 aliphatic rings. The summed E-state index contributed by atoms with van der Waals surface area (Å²) in [6.07, 6.45) is -8.62. The topological polar surface area (TPSA) is 104 Å². The van der Waals surface area contributed by atoms with Crippen LogP contribution in [0.4, 0.5) is 42.8 Å². The Morgan fingerprint density at radius 3 is 2.51 bits per heavy atom. The molecule has 2 aromatic heterocycles. The Morgan fingerprint density at radius 1 is 1.16 bits per heavy atom. The number of hydrogen-bond acceptors (Lipinski definition) is 6. The van der Waals surface area contributed by atoms with Crippen molar-refractivity contribution in [3.63, 3.8) is 0 Å². The average molecular weight is 530 g/mol. The normalized spacial score (nSPS) is 18.0. The van der Waals surface area contributed by atoms with Crippen LogP contribution in [-0.4, -0.2) is 47.3 Å². The number of hydrogen-bond donors (Lipinski definition) is 4. The second kappa shape index (κ2) is 9.39. The summed E-state index contributed by atoms with van der Waals surface area (Å²) < 4.78 is 87.9. The highest BCUT2D eigenvalue weighted by atomic mass is 19.4. The van der Waals surface area contributed by atoms with Gasteiger partial charge in [-0.15, -0.1) is 0 Å². The van der Waals surface area contributed by atoms with Gasteiger partial charge in [0.1, 0.15) is 11.1 Å². The number of nitrogens with one attached hydrogen (secondary N) is 4.